The minimum Gasteiger partial charge on any atom is -0.496 e. The van der Waals surface area contributed by atoms with Crippen LogP contribution in [0.5, 0.6) is 5.75 Å². The maximum absolute atomic E-state index is 12.9. The number of nitrogens with one attached hydrogen (secondary N) is 1. The number of benzene rings is 2. The predicted molar refractivity (Wildman–Crippen MR) is 105 cm³/mol. The molecule has 1 heterocycles. The van der Waals surface area contributed by atoms with Crippen molar-refractivity contribution in [2.45, 2.75) is 31.6 Å². The minimum atomic E-state index is -3.83. The molecule has 2 aromatic carbocycles. The van der Waals surface area contributed by atoms with Crippen LogP contribution in [0, 0.1) is 13.8 Å². The molecule has 1 amide bonds. The smallest absolute Gasteiger partial charge is 0.261 e. The zero-order valence-electron chi connectivity index (χ0n) is 15.8. The van der Waals surface area contributed by atoms with E-state index in [1.54, 1.807) is 11.0 Å². The highest BCUT2D eigenvalue weighted by Crippen LogP contribution is 2.27. The van der Waals surface area contributed by atoms with Gasteiger partial charge in [-0.05, 0) is 56.5 Å². The number of carbonyl (C=O) groups excluding carboxylic acids is 1. The minimum absolute atomic E-state index is 0.0332. The number of aryl methyl sites for hydroxylation is 2. The summed E-state index contributed by atoms with van der Waals surface area (Å²) in [5.74, 6) is 0.172. The molecule has 0 bridgehead atoms. The Morgan fingerprint density at radius 3 is 2.41 bits per heavy atom. The molecule has 27 heavy (non-hydrogen) atoms. The van der Waals surface area contributed by atoms with Gasteiger partial charge in [0.1, 0.15) is 5.75 Å². The van der Waals surface area contributed by atoms with Gasteiger partial charge in [-0.15, -0.1) is 0 Å². The number of likely N-dealkylation sites (tertiary alicyclic amines) is 1. The fourth-order valence-electron chi connectivity index (χ4n) is 3.24. The lowest BCUT2D eigenvalue weighted by atomic mass is 10.1. The van der Waals surface area contributed by atoms with E-state index in [0.29, 0.717) is 24.5 Å². The van der Waals surface area contributed by atoms with Crippen molar-refractivity contribution in [3.05, 3.63) is 53.1 Å². The molecule has 0 saturated carbocycles. The van der Waals surface area contributed by atoms with Crippen LogP contribution in [-0.2, 0) is 10.0 Å². The number of ether oxygens (including phenoxy) is 1. The van der Waals surface area contributed by atoms with Crippen LogP contribution < -0.4 is 9.46 Å². The lowest BCUT2D eigenvalue weighted by Gasteiger charge is -2.18. The molecule has 0 radical (unpaired) electrons. The van der Waals surface area contributed by atoms with Crippen LogP contribution >= 0.6 is 0 Å². The lowest BCUT2D eigenvalue weighted by molar-refractivity contribution is 0.0789. The van der Waals surface area contributed by atoms with Gasteiger partial charge in [0.25, 0.3) is 15.9 Å². The highest BCUT2D eigenvalue weighted by molar-refractivity contribution is 7.92. The van der Waals surface area contributed by atoms with E-state index in [-0.39, 0.29) is 16.4 Å². The highest BCUT2D eigenvalue weighted by atomic mass is 32.2. The second kappa shape index (κ2) is 7.60. The second-order valence-corrected chi connectivity index (χ2v) is 8.47. The van der Waals surface area contributed by atoms with Gasteiger partial charge >= 0.3 is 0 Å². The number of amides is 1. The van der Waals surface area contributed by atoms with E-state index in [4.69, 9.17) is 4.74 Å². The average molecular weight is 388 g/mol. The molecule has 0 aromatic heterocycles. The third-order valence-corrected chi connectivity index (χ3v) is 6.09. The number of hydrogen-bond donors (Lipinski definition) is 1. The van der Waals surface area contributed by atoms with E-state index in [1.807, 2.05) is 26.0 Å². The van der Waals surface area contributed by atoms with Crippen LogP contribution in [0.25, 0.3) is 0 Å². The highest BCUT2D eigenvalue weighted by Gasteiger charge is 2.25. The Morgan fingerprint density at radius 1 is 1.07 bits per heavy atom. The molecular weight excluding hydrogens is 364 g/mol. The molecule has 0 unspecified atom stereocenters. The Hall–Kier alpha value is -2.54. The number of nitrogens with zero attached hydrogens (tertiary/aromatic N) is 1. The Morgan fingerprint density at radius 2 is 1.78 bits per heavy atom. The van der Waals surface area contributed by atoms with Gasteiger partial charge in [0.2, 0.25) is 0 Å². The van der Waals surface area contributed by atoms with E-state index in [0.717, 1.165) is 24.0 Å². The summed E-state index contributed by atoms with van der Waals surface area (Å²) in [4.78, 5) is 14.5. The number of rotatable bonds is 5. The fraction of sp³-hybridized carbons (Fsp3) is 0.350. The summed E-state index contributed by atoms with van der Waals surface area (Å²) >= 11 is 0. The molecule has 3 rings (SSSR count). The molecule has 7 heteroatoms. The van der Waals surface area contributed by atoms with Crippen molar-refractivity contribution in [2.24, 2.45) is 0 Å². The molecule has 1 N–H and O–H groups in total. The van der Waals surface area contributed by atoms with Crippen LogP contribution in [0.1, 0.15) is 34.3 Å². The lowest BCUT2D eigenvalue weighted by Crippen LogP contribution is -2.28. The van der Waals surface area contributed by atoms with Crippen LogP contribution in [0.2, 0.25) is 0 Å². The molecule has 1 aliphatic rings. The van der Waals surface area contributed by atoms with E-state index >= 15 is 0 Å². The molecule has 0 spiro atoms. The average Bonchev–Trinajstić information content (AvgIpc) is 3.17. The van der Waals surface area contributed by atoms with Crippen molar-refractivity contribution in [3.63, 3.8) is 0 Å². The molecule has 1 saturated heterocycles. The normalized spacial score (nSPS) is 14.3. The zero-order chi connectivity index (χ0) is 19.6. The number of carbonyl (C=O) groups is 1. The van der Waals surface area contributed by atoms with Gasteiger partial charge in [-0.25, -0.2) is 8.42 Å². The van der Waals surface area contributed by atoms with Gasteiger partial charge in [-0.3, -0.25) is 9.52 Å². The first-order valence-electron chi connectivity index (χ1n) is 8.89. The second-order valence-electron chi connectivity index (χ2n) is 6.79. The summed E-state index contributed by atoms with van der Waals surface area (Å²) in [5.41, 5.74) is 2.67. The summed E-state index contributed by atoms with van der Waals surface area (Å²) in [5, 5.41) is 0. The number of methoxy groups -OCH3 is 1. The molecule has 0 atom stereocenters. The largest absolute Gasteiger partial charge is 0.496 e. The molecule has 2 aromatic rings. The molecule has 144 valence electrons. The van der Waals surface area contributed by atoms with Gasteiger partial charge in [0.05, 0.1) is 23.3 Å². The summed E-state index contributed by atoms with van der Waals surface area (Å²) in [7, 11) is -2.36. The monoisotopic (exact) mass is 388 g/mol. The Balaban J connectivity index is 1.95. The molecule has 1 aliphatic heterocycles. The first-order chi connectivity index (χ1) is 12.8. The van der Waals surface area contributed by atoms with Crippen molar-refractivity contribution in [1.82, 2.24) is 4.90 Å². The fourth-order valence-corrected chi connectivity index (χ4v) is 4.40. The van der Waals surface area contributed by atoms with Gasteiger partial charge < -0.3 is 9.64 Å². The van der Waals surface area contributed by atoms with Crippen molar-refractivity contribution in [3.8, 4) is 5.75 Å². The van der Waals surface area contributed by atoms with Crippen molar-refractivity contribution in [1.29, 1.82) is 0 Å². The van der Waals surface area contributed by atoms with Crippen molar-refractivity contribution in [2.75, 3.05) is 24.9 Å². The van der Waals surface area contributed by atoms with Crippen LogP contribution in [0.3, 0.4) is 0 Å². The zero-order valence-corrected chi connectivity index (χ0v) is 16.6. The first kappa shape index (κ1) is 19.2. The summed E-state index contributed by atoms with van der Waals surface area (Å²) < 4.78 is 33.6. The number of anilines is 1. The van der Waals surface area contributed by atoms with Gasteiger partial charge in [0.15, 0.2) is 0 Å². The number of hydrogen-bond acceptors (Lipinski definition) is 4. The van der Waals surface area contributed by atoms with Crippen LogP contribution in [-0.4, -0.2) is 39.4 Å². The third-order valence-electron chi connectivity index (χ3n) is 4.73. The SMILES string of the molecule is COc1ccc(S(=O)(=O)Nc2ccc(C)cc2C)cc1C(=O)N1CCCC1. The standard InChI is InChI=1S/C20H24N2O4S/c1-14-6-8-18(15(2)12-14)21-27(24,25)16-7-9-19(26-3)17(13-16)20(23)22-10-4-5-11-22/h6-9,12-13,21H,4-5,10-11H2,1-3H3. The summed E-state index contributed by atoms with van der Waals surface area (Å²) in [6, 6.07) is 9.87. The Kier molecular flexibility index (Phi) is 5.41. The van der Waals surface area contributed by atoms with Crippen molar-refractivity contribution < 1.29 is 17.9 Å². The number of sulfonamides is 1. The summed E-state index contributed by atoms with van der Waals surface area (Å²) in [6.45, 7) is 5.16. The molecular formula is C20H24N2O4S. The van der Waals surface area contributed by atoms with Crippen molar-refractivity contribution >= 4 is 21.6 Å². The van der Waals surface area contributed by atoms with E-state index in [1.165, 1.54) is 25.3 Å². The van der Waals surface area contributed by atoms with E-state index < -0.39 is 10.0 Å². The van der Waals surface area contributed by atoms with E-state index in [9.17, 15) is 13.2 Å². The molecule has 6 nitrogen and oxygen atoms in total. The third kappa shape index (κ3) is 4.08. The maximum atomic E-state index is 12.9. The predicted octanol–water partition coefficient (Wildman–Crippen LogP) is 3.35. The topological polar surface area (TPSA) is 75.7 Å². The molecule has 0 aliphatic carbocycles. The molecule has 1 fully saturated rings. The maximum Gasteiger partial charge on any atom is 0.261 e. The van der Waals surface area contributed by atoms with Gasteiger partial charge in [-0.1, -0.05) is 17.7 Å². The quantitative estimate of drug-likeness (QED) is 0.852. The Labute approximate surface area is 160 Å². The van der Waals surface area contributed by atoms with E-state index in [2.05, 4.69) is 4.72 Å². The first-order valence-corrected chi connectivity index (χ1v) is 10.4. The summed E-state index contributed by atoms with van der Waals surface area (Å²) in [6.07, 6.45) is 1.92. The van der Waals surface area contributed by atoms with Gasteiger partial charge in [0, 0.05) is 13.1 Å². The van der Waals surface area contributed by atoms with Gasteiger partial charge in [-0.2, -0.15) is 0 Å². The van der Waals surface area contributed by atoms with Crippen LogP contribution in [0.4, 0.5) is 5.69 Å². The Bertz CT molecular complexity index is 964. The van der Waals surface area contributed by atoms with Crippen LogP contribution in [0.15, 0.2) is 41.3 Å².